The van der Waals surface area contributed by atoms with Gasteiger partial charge in [0.15, 0.2) is 0 Å². The Morgan fingerprint density at radius 1 is 1.21 bits per heavy atom. The Morgan fingerprint density at radius 3 is 2.83 bits per heavy atom. The van der Waals surface area contributed by atoms with Crippen LogP contribution in [-0.2, 0) is 11.2 Å². The number of benzene rings is 1. The first-order valence-electron chi connectivity index (χ1n) is 8.10. The fourth-order valence-electron chi connectivity index (χ4n) is 2.81. The largest absolute Gasteiger partial charge is 0.350 e. The molecule has 0 unspecified atom stereocenters. The van der Waals surface area contributed by atoms with Crippen molar-refractivity contribution in [3.8, 4) is 0 Å². The van der Waals surface area contributed by atoms with Gasteiger partial charge in [0.2, 0.25) is 5.91 Å². The topological polar surface area (TPSA) is 75.2 Å². The SMILES string of the molecule is Cc1cnc(C(=O)NCCC(=O)N2CCCc3ccccc32)cn1. The number of amides is 2. The van der Waals surface area contributed by atoms with Crippen molar-refractivity contribution in [2.24, 2.45) is 0 Å². The van der Waals surface area contributed by atoms with Crippen molar-refractivity contribution in [3.05, 3.63) is 53.6 Å². The van der Waals surface area contributed by atoms with E-state index in [0.717, 1.165) is 30.8 Å². The first-order valence-corrected chi connectivity index (χ1v) is 8.10. The van der Waals surface area contributed by atoms with Crippen molar-refractivity contribution in [2.75, 3.05) is 18.0 Å². The number of nitrogens with zero attached hydrogens (tertiary/aromatic N) is 3. The van der Waals surface area contributed by atoms with E-state index >= 15 is 0 Å². The predicted molar refractivity (Wildman–Crippen MR) is 90.8 cm³/mol. The monoisotopic (exact) mass is 324 g/mol. The average molecular weight is 324 g/mol. The van der Waals surface area contributed by atoms with Crippen LogP contribution in [0.1, 0.15) is 34.6 Å². The number of hydrogen-bond donors (Lipinski definition) is 1. The molecule has 0 saturated carbocycles. The zero-order valence-electron chi connectivity index (χ0n) is 13.7. The summed E-state index contributed by atoms with van der Waals surface area (Å²) in [5, 5.41) is 2.72. The van der Waals surface area contributed by atoms with Gasteiger partial charge in [-0.1, -0.05) is 18.2 Å². The van der Waals surface area contributed by atoms with Gasteiger partial charge >= 0.3 is 0 Å². The third-order valence-electron chi connectivity index (χ3n) is 4.05. The minimum atomic E-state index is -0.311. The van der Waals surface area contributed by atoms with Crippen LogP contribution in [0.2, 0.25) is 0 Å². The van der Waals surface area contributed by atoms with E-state index in [0.29, 0.717) is 0 Å². The fraction of sp³-hybridized carbons (Fsp3) is 0.333. The van der Waals surface area contributed by atoms with E-state index in [1.165, 1.54) is 11.8 Å². The number of anilines is 1. The number of carbonyl (C=O) groups excluding carboxylic acids is 2. The maximum Gasteiger partial charge on any atom is 0.271 e. The Hall–Kier alpha value is -2.76. The van der Waals surface area contributed by atoms with Crippen molar-refractivity contribution in [3.63, 3.8) is 0 Å². The molecular formula is C18H20N4O2. The second kappa shape index (κ2) is 7.21. The van der Waals surface area contributed by atoms with Crippen molar-refractivity contribution in [1.82, 2.24) is 15.3 Å². The molecule has 1 aromatic heterocycles. The molecule has 0 spiro atoms. The van der Waals surface area contributed by atoms with Gasteiger partial charge in [-0.25, -0.2) is 4.98 Å². The lowest BCUT2D eigenvalue weighted by Gasteiger charge is -2.29. The Labute approximate surface area is 140 Å². The molecular weight excluding hydrogens is 304 g/mol. The normalized spacial score (nSPS) is 13.3. The van der Waals surface area contributed by atoms with Gasteiger partial charge in [0.25, 0.3) is 5.91 Å². The van der Waals surface area contributed by atoms with Crippen LogP contribution in [0.5, 0.6) is 0 Å². The Bertz CT molecular complexity index is 743. The molecule has 124 valence electrons. The Morgan fingerprint density at radius 2 is 2.04 bits per heavy atom. The van der Waals surface area contributed by atoms with E-state index in [4.69, 9.17) is 0 Å². The van der Waals surface area contributed by atoms with Gasteiger partial charge in [0, 0.05) is 31.4 Å². The van der Waals surface area contributed by atoms with E-state index in [2.05, 4.69) is 21.4 Å². The van der Waals surface area contributed by atoms with E-state index < -0.39 is 0 Å². The number of rotatable bonds is 4. The number of hydrogen-bond acceptors (Lipinski definition) is 4. The van der Waals surface area contributed by atoms with E-state index in [1.54, 1.807) is 6.20 Å². The molecule has 0 radical (unpaired) electrons. The zero-order valence-corrected chi connectivity index (χ0v) is 13.7. The first-order chi connectivity index (χ1) is 11.6. The molecule has 24 heavy (non-hydrogen) atoms. The minimum Gasteiger partial charge on any atom is -0.350 e. The number of carbonyl (C=O) groups is 2. The van der Waals surface area contributed by atoms with E-state index in [1.807, 2.05) is 30.0 Å². The molecule has 2 aromatic rings. The second-order valence-corrected chi connectivity index (χ2v) is 5.83. The highest BCUT2D eigenvalue weighted by Crippen LogP contribution is 2.26. The van der Waals surface area contributed by atoms with Gasteiger partial charge in [-0.3, -0.25) is 14.6 Å². The summed E-state index contributed by atoms with van der Waals surface area (Å²) < 4.78 is 0. The molecule has 0 saturated heterocycles. The van der Waals surface area contributed by atoms with Crippen LogP contribution in [0.25, 0.3) is 0 Å². The quantitative estimate of drug-likeness (QED) is 0.932. The maximum atomic E-state index is 12.5. The Kier molecular flexibility index (Phi) is 4.84. The van der Waals surface area contributed by atoms with Gasteiger partial charge in [-0.15, -0.1) is 0 Å². The zero-order chi connectivity index (χ0) is 16.9. The lowest BCUT2D eigenvalue weighted by molar-refractivity contribution is -0.118. The van der Waals surface area contributed by atoms with Crippen molar-refractivity contribution >= 4 is 17.5 Å². The minimum absolute atomic E-state index is 0.0254. The standard InChI is InChI=1S/C18H20N4O2/c1-13-11-21-15(12-20-13)18(24)19-9-8-17(23)22-10-4-6-14-5-2-3-7-16(14)22/h2-3,5,7,11-12H,4,6,8-10H2,1H3,(H,19,24). The molecule has 0 fully saturated rings. The smallest absolute Gasteiger partial charge is 0.271 e. The summed E-state index contributed by atoms with van der Waals surface area (Å²) in [7, 11) is 0. The summed E-state index contributed by atoms with van der Waals surface area (Å²) in [6.45, 7) is 2.82. The molecule has 3 rings (SSSR count). The molecule has 1 aliphatic rings. The predicted octanol–water partition coefficient (Wildman–Crippen LogP) is 1.88. The van der Waals surface area contributed by atoms with Crippen molar-refractivity contribution in [1.29, 1.82) is 0 Å². The number of fused-ring (bicyclic) bond motifs is 1. The first kappa shape index (κ1) is 16.1. The molecule has 2 heterocycles. The van der Waals surface area contributed by atoms with Gasteiger partial charge in [0.05, 0.1) is 11.9 Å². The third kappa shape index (κ3) is 3.59. The van der Waals surface area contributed by atoms with E-state index in [9.17, 15) is 9.59 Å². The molecule has 1 aliphatic heterocycles. The maximum absolute atomic E-state index is 12.5. The fourth-order valence-corrected chi connectivity index (χ4v) is 2.81. The van der Waals surface area contributed by atoms with Gasteiger partial charge in [-0.2, -0.15) is 0 Å². The van der Waals surface area contributed by atoms with Crippen LogP contribution in [0.4, 0.5) is 5.69 Å². The van der Waals surface area contributed by atoms with Crippen molar-refractivity contribution in [2.45, 2.75) is 26.2 Å². The van der Waals surface area contributed by atoms with Gasteiger partial charge < -0.3 is 10.2 Å². The van der Waals surface area contributed by atoms with Crippen LogP contribution < -0.4 is 10.2 Å². The number of nitrogens with one attached hydrogen (secondary N) is 1. The Balaban J connectivity index is 1.55. The molecule has 2 amide bonds. The van der Waals surface area contributed by atoms with Crippen LogP contribution >= 0.6 is 0 Å². The van der Waals surface area contributed by atoms with Crippen molar-refractivity contribution < 1.29 is 9.59 Å². The molecule has 1 aromatic carbocycles. The van der Waals surface area contributed by atoms with Crippen LogP contribution in [0.15, 0.2) is 36.7 Å². The highest BCUT2D eigenvalue weighted by molar-refractivity contribution is 5.95. The summed E-state index contributed by atoms with van der Waals surface area (Å²) in [5.74, 6) is -0.285. The molecule has 0 aliphatic carbocycles. The molecule has 6 heteroatoms. The highest BCUT2D eigenvalue weighted by atomic mass is 16.2. The summed E-state index contributed by atoms with van der Waals surface area (Å²) in [5.41, 5.74) is 3.21. The second-order valence-electron chi connectivity index (χ2n) is 5.83. The molecule has 6 nitrogen and oxygen atoms in total. The lowest BCUT2D eigenvalue weighted by Crippen LogP contribution is -2.37. The van der Waals surface area contributed by atoms with Gasteiger partial charge in [0.1, 0.15) is 5.69 Å². The summed E-state index contributed by atoms with van der Waals surface area (Å²) >= 11 is 0. The third-order valence-corrected chi connectivity index (χ3v) is 4.05. The van der Waals surface area contributed by atoms with Crippen LogP contribution in [0.3, 0.4) is 0 Å². The van der Waals surface area contributed by atoms with Gasteiger partial charge in [-0.05, 0) is 31.4 Å². The lowest BCUT2D eigenvalue weighted by atomic mass is 10.0. The summed E-state index contributed by atoms with van der Waals surface area (Å²) in [6, 6.07) is 7.98. The highest BCUT2D eigenvalue weighted by Gasteiger charge is 2.21. The average Bonchev–Trinajstić information content (AvgIpc) is 2.61. The van der Waals surface area contributed by atoms with E-state index in [-0.39, 0.29) is 30.5 Å². The summed E-state index contributed by atoms with van der Waals surface area (Å²) in [6.07, 6.45) is 5.22. The molecule has 0 bridgehead atoms. The number of aromatic nitrogens is 2. The summed E-state index contributed by atoms with van der Waals surface area (Å²) in [4.78, 5) is 34.3. The number of aryl methyl sites for hydroxylation is 2. The number of para-hydroxylation sites is 1. The van der Waals surface area contributed by atoms with Crippen LogP contribution in [-0.4, -0.2) is 34.9 Å². The molecule has 1 N–H and O–H groups in total. The molecule has 0 atom stereocenters. The van der Waals surface area contributed by atoms with Crippen LogP contribution in [0, 0.1) is 6.92 Å².